The van der Waals surface area contributed by atoms with E-state index in [2.05, 4.69) is 47.1 Å². The molecule has 0 nitrogen and oxygen atoms in total. The predicted molar refractivity (Wildman–Crippen MR) is 86.9 cm³/mol. The molecule has 3 heteroatoms. The van der Waals surface area contributed by atoms with Crippen LogP contribution in [0.2, 0.25) is 0 Å². The average molecular weight is 356 g/mol. The summed E-state index contributed by atoms with van der Waals surface area (Å²) >= 11 is 9.66. The first-order valence-electron chi connectivity index (χ1n) is 6.79. The average Bonchev–Trinajstić information content (AvgIpc) is 2.48. The van der Waals surface area contributed by atoms with Gasteiger partial charge in [0.05, 0.1) is 9.85 Å². The number of unbranched alkanes of at least 4 members (excludes halogenated alkanes) is 1. The minimum Gasteiger partial charge on any atom is -0.206 e. The molecule has 0 fully saturated rings. The van der Waals surface area contributed by atoms with Crippen molar-refractivity contribution in [2.75, 3.05) is 0 Å². The van der Waals surface area contributed by atoms with Crippen molar-refractivity contribution in [3.63, 3.8) is 0 Å². The fourth-order valence-electron chi connectivity index (χ4n) is 2.10. The Morgan fingerprint density at radius 2 is 1.75 bits per heavy atom. The third kappa shape index (κ3) is 3.83. The van der Waals surface area contributed by atoms with E-state index in [4.69, 9.17) is 11.6 Å². The van der Waals surface area contributed by atoms with Crippen LogP contribution in [0.3, 0.4) is 0 Å². The van der Waals surface area contributed by atoms with Crippen LogP contribution in [0.4, 0.5) is 4.39 Å². The monoisotopic (exact) mass is 354 g/mol. The van der Waals surface area contributed by atoms with E-state index < -0.39 is 0 Å². The Bertz CT molecular complexity index is 566. The van der Waals surface area contributed by atoms with Gasteiger partial charge in [-0.05, 0) is 57.6 Å². The molecule has 0 aliphatic rings. The van der Waals surface area contributed by atoms with E-state index in [0.29, 0.717) is 4.47 Å². The van der Waals surface area contributed by atoms with Crippen molar-refractivity contribution in [1.29, 1.82) is 0 Å². The van der Waals surface area contributed by atoms with Crippen LogP contribution in [0.5, 0.6) is 0 Å². The molecule has 1 atom stereocenters. The van der Waals surface area contributed by atoms with Crippen LogP contribution < -0.4 is 0 Å². The van der Waals surface area contributed by atoms with Crippen LogP contribution in [-0.2, 0) is 6.42 Å². The summed E-state index contributed by atoms with van der Waals surface area (Å²) < 4.78 is 13.7. The molecule has 0 aromatic heterocycles. The Balaban J connectivity index is 2.15. The Hall–Kier alpha value is -0.860. The number of benzene rings is 2. The third-order valence-electron chi connectivity index (χ3n) is 3.33. The Morgan fingerprint density at radius 1 is 1.10 bits per heavy atom. The van der Waals surface area contributed by atoms with E-state index in [-0.39, 0.29) is 11.2 Å². The van der Waals surface area contributed by atoms with E-state index in [1.54, 1.807) is 12.1 Å². The Labute approximate surface area is 133 Å². The van der Waals surface area contributed by atoms with Gasteiger partial charge in [-0.1, -0.05) is 43.7 Å². The summed E-state index contributed by atoms with van der Waals surface area (Å²) in [7, 11) is 0. The molecule has 0 spiro atoms. The van der Waals surface area contributed by atoms with Gasteiger partial charge in [-0.2, -0.15) is 0 Å². The van der Waals surface area contributed by atoms with Crippen molar-refractivity contribution in [3.05, 3.63) is 69.4 Å². The fourth-order valence-corrected chi connectivity index (χ4v) is 2.77. The summed E-state index contributed by atoms with van der Waals surface area (Å²) in [5.41, 5.74) is 3.26. The lowest BCUT2D eigenvalue weighted by atomic mass is 10.0. The zero-order chi connectivity index (χ0) is 14.5. The van der Waals surface area contributed by atoms with Crippen LogP contribution in [0.25, 0.3) is 0 Å². The minimum atomic E-state index is -0.271. The van der Waals surface area contributed by atoms with Gasteiger partial charge in [-0.15, -0.1) is 11.6 Å². The number of alkyl halides is 1. The molecule has 0 N–H and O–H groups in total. The topological polar surface area (TPSA) is 0 Å². The summed E-state index contributed by atoms with van der Waals surface area (Å²) in [6.07, 6.45) is 3.50. The first-order valence-corrected chi connectivity index (χ1v) is 8.02. The molecule has 1 unspecified atom stereocenters. The van der Waals surface area contributed by atoms with Gasteiger partial charge < -0.3 is 0 Å². The first-order chi connectivity index (χ1) is 9.61. The highest BCUT2D eigenvalue weighted by atomic mass is 79.9. The molecule has 2 aromatic carbocycles. The van der Waals surface area contributed by atoms with Crippen molar-refractivity contribution < 1.29 is 4.39 Å². The lowest BCUT2D eigenvalue weighted by molar-refractivity contribution is 0.620. The fraction of sp³-hybridized carbons (Fsp3) is 0.294. The summed E-state index contributed by atoms with van der Waals surface area (Å²) in [6.45, 7) is 2.19. The standard InChI is InChI=1S/C17H17BrClF/c1-2-3-4-12-5-7-13(8-6-12)17(19)14-9-10-16(20)15(18)11-14/h5-11,17H,2-4H2,1H3. The largest absolute Gasteiger partial charge is 0.206 e. The molecular formula is C17H17BrClF. The van der Waals surface area contributed by atoms with Crippen molar-refractivity contribution in [2.45, 2.75) is 31.6 Å². The van der Waals surface area contributed by atoms with E-state index in [9.17, 15) is 4.39 Å². The van der Waals surface area contributed by atoms with E-state index >= 15 is 0 Å². The summed E-state index contributed by atoms with van der Waals surface area (Å²) in [4.78, 5) is 0. The van der Waals surface area contributed by atoms with Gasteiger partial charge in [0.2, 0.25) is 0 Å². The van der Waals surface area contributed by atoms with E-state index in [1.165, 1.54) is 24.5 Å². The minimum absolute atomic E-state index is 0.257. The molecule has 0 aliphatic carbocycles. The maximum absolute atomic E-state index is 13.2. The maximum atomic E-state index is 13.2. The number of halogens is 3. The van der Waals surface area contributed by atoms with Gasteiger partial charge in [0.25, 0.3) is 0 Å². The SMILES string of the molecule is CCCCc1ccc(C(Cl)c2ccc(F)c(Br)c2)cc1. The number of hydrogen-bond donors (Lipinski definition) is 0. The van der Waals surface area contributed by atoms with E-state index in [1.807, 2.05) is 0 Å². The molecule has 20 heavy (non-hydrogen) atoms. The van der Waals surface area contributed by atoms with Crippen LogP contribution in [-0.4, -0.2) is 0 Å². The van der Waals surface area contributed by atoms with Gasteiger partial charge in [-0.3, -0.25) is 0 Å². The second-order valence-electron chi connectivity index (χ2n) is 4.88. The molecule has 0 saturated carbocycles. The second-order valence-corrected chi connectivity index (χ2v) is 6.17. The lowest BCUT2D eigenvalue weighted by Gasteiger charge is -2.12. The molecule has 2 rings (SSSR count). The Morgan fingerprint density at radius 3 is 2.35 bits per heavy atom. The predicted octanol–water partition coefficient (Wildman–Crippen LogP) is 6.26. The molecule has 106 valence electrons. The quantitative estimate of drug-likeness (QED) is 0.555. The zero-order valence-corrected chi connectivity index (χ0v) is 13.7. The molecule has 0 bridgehead atoms. The number of hydrogen-bond acceptors (Lipinski definition) is 0. The van der Waals surface area contributed by atoms with E-state index in [0.717, 1.165) is 17.5 Å². The van der Waals surface area contributed by atoms with Crippen LogP contribution >= 0.6 is 27.5 Å². The highest BCUT2D eigenvalue weighted by molar-refractivity contribution is 9.10. The Kier molecular flexibility index (Phi) is 5.62. The second kappa shape index (κ2) is 7.24. The normalized spacial score (nSPS) is 12.4. The molecule has 0 radical (unpaired) electrons. The highest BCUT2D eigenvalue weighted by Crippen LogP contribution is 2.31. The molecule has 0 heterocycles. The van der Waals surface area contributed by atoms with Crippen molar-refractivity contribution in [1.82, 2.24) is 0 Å². The molecule has 0 aliphatic heterocycles. The highest BCUT2D eigenvalue weighted by Gasteiger charge is 2.12. The maximum Gasteiger partial charge on any atom is 0.137 e. The van der Waals surface area contributed by atoms with Gasteiger partial charge >= 0.3 is 0 Å². The van der Waals surface area contributed by atoms with Gasteiger partial charge in [0.15, 0.2) is 0 Å². The van der Waals surface area contributed by atoms with Gasteiger partial charge in [0, 0.05) is 0 Å². The van der Waals surface area contributed by atoms with Crippen LogP contribution in [0, 0.1) is 5.82 Å². The van der Waals surface area contributed by atoms with Crippen molar-refractivity contribution in [3.8, 4) is 0 Å². The summed E-state index contributed by atoms with van der Waals surface area (Å²) in [5, 5.41) is -0.257. The number of rotatable bonds is 5. The number of aryl methyl sites for hydroxylation is 1. The van der Waals surface area contributed by atoms with Crippen molar-refractivity contribution in [2.24, 2.45) is 0 Å². The smallest absolute Gasteiger partial charge is 0.137 e. The van der Waals surface area contributed by atoms with Crippen molar-refractivity contribution >= 4 is 27.5 Å². The van der Waals surface area contributed by atoms with Gasteiger partial charge in [-0.25, -0.2) is 4.39 Å². The summed E-state index contributed by atoms with van der Waals surface area (Å²) in [6, 6.07) is 13.3. The molecular weight excluding hydrogens is 339 g/mol. The molecule has 2 aromatic rings. The summed E-state index contributed by atoms with van der Waals surface area (Å²) in [5.74, 6) is -0.271. The third-order valence-corrected chi connectivity index (χ3v) is 4.44. The van der Waals surface area contributed by atoms with Gasteiger partial charge in [0.1, 0.15) is 5.82 Å². The zero-order valence-electron chi connectivity index (χ0n) is 11.4. The van der Waals surface area contributed by atoms with Crippen LogP contribution in [0.15, 0.2) is 46.9 Å². The lowest BCUT2D eigenvalue weighted by Crippen LogP contribution is -1.95. The molecule has 0 saturated heterocycles. The first kappa shape index (κ1) is 15.5. The molecule has 0 amide bonds. The van der Waals surface area contributed by atoms with Crippen LogP contribution in [0.1, 0.15) is 41.8 Å².